The summed E-state index contributed by atoms with van der Waals surface area (Å²) in [5.41, 5.74) is 0.198. The highest BCUT2D eigenvalue weighted by molar-refractivity contribution is 6.32. The molecule has 0 aliphatic rings. The molecule has 0 amide bonds. The van der Waals surface area contributed by atoms with Gasteiger partial charge in [-0.15, -0.1) is 0 Å². The van der Waals surface area contributed by atoms with Crippen LogP contribution in [-0.4, -0.2) is 43.3 Å². The van der Waals surface area contributed by atoms with Crippen LogP contribution in [0.25, 0.3) is 0 Å². The van der Waals surface area contributed by atoms with Gasteiger partial charge in [0.2, 0.25) is 0 Å². The molecule has 0 radical (unpaired) electrons. The van der Waals surface area contributed by atoms with Crippen LogP contribution in [0.15, 0.2) is 11.0 Å². The van der Waals surface area contributed by atoms with E-state index >= 15 is 0 Å². The first-order chi connectivity index (χ1) is 9.01. The maximum absolute atomic E-state index is 11.9. The predicted molar refractivity (Wildman–Crippen MR) is 75.1 cm³/mol. The highest BCUT2D eigenvalue weighted by atomic mass is 35.5. The lowest BCUT2D eigenvalue weighted by Gasteiger charge is -2.17. The number of halogens is 1. The van der Waals surface area contributed by atoms with Gasteiger partial charge in [0.05, 0.1) is 30.6 Å². The Bertz CT molecular complexity index is 462. The maximum Gasteiger partial charge on any atom is 0.287 e. The molecular weight excluding hydrogens is 270 g/mol. The Morgan fingerprint density at radius 2 is 2.16 bits per heavy atom. The largest absolute Gasteiger partial charge is 0.382 e. The van der Waals surface area contributed by atoms with Crippen LogP contribution in [0.3, 0.4) is 0 Å². The molecule has 0 spiro atoms. The van der Waals surface area contributed by atoms with Crippen molar-refractivity contribution in [3.63, 3.8) is 0 Å². The molecule has 1 aromatic heterocycles. The molecule has 1 unspecified atom stereocenters. The van der Waals surface area contributed by atoms with E-state index in [1.165, 1.54) is 4.68 Å². The Morgan fingerprint density at radius 1 is 1.47 bits per heavy atom. The normalized spacial score (nSPS) is 12.7. The van der Waals surface area contributed by atoms with Crippen molar-refractivity contribution < 1.29 is 9.47 Å². The molecule has 0 aliphatic carbocycles. The summed E-state index contributed by atoms with van der Waals surface area (Å²) in [7, 11) is 3.20. The quantitative estimate of drug-likeness (QED) is 0.825. The first-order valence-corrected chi connectivity index (χ1v) is 6.42. The standard InChI is InChI=1S/C12H20ClN3O3/c1-8(2)16-12(17)11(13)10(6-15-16)14-5-9(19-4)7-18-3/h6,8-9,14H,5,7H2,1-4H3. The minimum atomic E-state index is -0.303. The molecule has 1 atom stereocenters. The number of ether oxygens (including phenoxy) is 2. The van der Waals surface area contributed by atoms with Crippen LogP contribution in [0.5, 0.6) is 0 Å². The third-order valence-electron chi connectivity index (χ3n) is 2.64. The van der Waals surface area contributed by atoms with Crippen molar-refractivity contribution in [3.8, 4) is 0 Å². The highest BCUT2D eigenvalue weighted by Crippen LogP contribution is 2.16. The van der Waals surface area contributed by atoms with E-state index in [1.54, 1.807) is 20.4 Å². The van der Waals surface area contributed by atoms with E-state index in [0.717, 1.165) is 0 Å². The van der Waals surface area contributed by atoms with Crippen LogP contribution < -0.4 is 10.9 Å². The first kappa shape index (κ1) is 15.9. The van der Waals surface area contributed by atoms with Gasteiger partial charge in [-0.1, -0.05) is 11.6 Å². The summed E-state index contributed by atoms with van der Waals surface area (Å²) in [6, 6.07) is -0.0285. The van der Waals surface area contributed by atoms with Crippen LogP contribution >= 0.6 is 11.6 Å². The fourth-order valence-electron chi connectivity index (χ4n) is 1.56. The van der Waals surface area contributed by atoms with E-state index in [1.807, 2.05) is 13.8 Å². The second kappa shape index (κ2) is 7.47. The third kappa shape index (κ3) is 4.19. The lowest BCUT2D eigenvalue weighted by molar-refractivity contribution is 0.0365. The van der Waals surface area contributed by atoms with Gasteiger partial charge < -0.3 is 14.8 Å². The van der Waals surface area contributed by atoms with Gasteiger partial charge in [0.15, 0.2) is 0 Å². The molecule has 0 saturated heterocycles. The average Bonchev–Trinajstić information content (AvgIpc) is 2.38. The fraction of sp³-hybridized carbons (Fsp3) is 0.667. The third-order valence-corrected chi connectivity index (χ3v) is 3.00. The summed E-state index contributed by atoms with van der Waals surface area (Å²) >= 11 is 6.04. The van der Waals surface area contributed by atoms with E-state index in [0.29, 0.717) is 18.8 Å². The molecule has 108 valence electrons. The van der Waals surface area contributed by atoms with E-state index in [4.69, 9.17) is 21.1 Å². The van der Waals surface area contributed by atoms with Gasteiger partial charge in [-0.25, -0.2) is 4.68 Å². The van der Waals surface area contributed by atoms with E-state index in [9.17, 15) is 4.79 Å². The Labute approximate surface area is 117 Å². The molecular formula is C12H20ClN3O3. The number of methoxy groups -OCH3 is 2. The lowest BCUT2D eigenvalue weighted by Crippen LogP contribution is -2.29. The van der Waals surface area contributed by atoms with Gasteiger partial charge in [0, 0.05) is 20.8 Å². The second-order valence-corrected chi connectivity index (χ2v) is 4.79. The molecule has 1 heterocycles. The van der Waals surface area contributed by atoms with Gasteiger partial charge in [-0.3, -0.25) is 4.79 Å². The molecule has 0 aliphatic heterocycles. The Morgan fingerprint density at radius 3 is 2.68 bits per heavy atom. The Kier molecular flexibility index (Phi) is 6.27. The predicted octanol–water partition coefficient (Wildman–Crippen LogP) is 1.55. The summed E-state index contributed by atoms with van der Waals surface area (Å²) in [5, 5.41) is 7.25. The first-order valence-electron chi connectivity index (χ1n) is 6.04. The number of nitrogens with one attached hydrogen (secondary N) is 1. The van der Waals surface area contributed by atoms with Crippen LogP contribution in [0, 0.1) is 0 Å². The fourth-order valence-corrected chi connectivity index (χ4v) is 1.76. The summed E-state index contributed by atoms with van der Waals surface area (Å²) < 4.78 is 11.6. The van der Waals surface area contributed by atoms with Crippen molar-refractivity contribution in [1.29, 1.82) is 0 Å². The van der Waals surface area contributed by atoms with Crippen molar-refractivity contribution >= 4 is 17.3 Å². The molecule has 1 rings (SSSR count). The van der Waals surface area contributed by atoms with Crippen LogP contribution in [0.1, 0.15) is 19.9 Å². The highest BCUT2D eigenvalue weighted by Gasteiger charge is 2.13. The number of nitrogens with zero attached hydrogens (tertiary/aromatic N) is 2. The van der Waals surface area contributed by atoms with Gasteiger partial charge in [0.1, 0.15) is 5.02 Å². The second-order valence-electron chi connectivity index (χ2n) is 4.41. The summed E-state index contributed by atoms with van der Waals surface area (Å²) in [5.74, 6) is 0. The monoisotopic (exact) mass is 289 g/mol. The zero-order chi connectivity index (χ0) is 14.4. The molecule has 1 aromatic rings. The smallest absolute Gasteiger partial charge is 0.287 e. The zero-order valence-corrected chi connectivity index (χ0v) is 12.4. The number of hydrogen-bond donors (Lipinski definition) is 1. The van der Waals surface area contributed by atoms with E-state index < -0.39 is 0 Å². The summed E-state index contributed by atoms with van der Waals surface area (Å²) in [4.78, 5) is 11.9. The topological polar surface area (TPSA) is 65.4 Å². The van der Waals surface area contributed by atoms with E-state index in [-0.39, 0.29) is 22.7 Å². The Hall–Kier alpha value is -1.11. The molecule has 0 aromatic carbocycles. The van der Waals surface area contributed by atoms with Crippen molar-refractivity contribution in [2.24, 2.45) is 0 Å². The maximum atomic E-state index is 11.9. The van der Waals surface area contributed by atoms with Gasteiger partial charge in [0.25, 0.3) is 5.56 Å². The van der Waals surface area contributed by atoms with Gasteiger partial charge >= 0.3 is 0 Å². The zero-order valence-electron chi connectivity index (χ0n) is 11.6. The van der Waals surface area contributed by atoms with E-state index in [2.05, 4.69) is 10.4 Å². The molecule has 0 bridgehead atoms. The molecule has 7 heteroatoms. The SMILES string of the molecule is COCC(CNc1cnn(C(C)C)c(=O)c1Cl)OC. The number of anilines is 1. The van der Waals surface area contributed by atoms with Crippen LogP contribution in [0.4, 0.5) is 5.69 Å². The average molecular weight is 290 g/mol. The number of aromatic nitrogens is 2. The summed E-state index contributed by atoms with van der Waals surface area (Å²) in [6.45, 7) is 4.68. The van der Waals surface area contributed by atoms with Gasteiger partial charge in [-0.2, -0.15) is 5.10 Å². The molecule has 0 fully saturated rings. The van der Waals surface area contributed by atoms with Gasteiger partial charge in [-0.05, 0) is 13.8 Å². The molecule has 1 N–H and O–H groups in total. The molecule has 19 heavy (non-hydrogen) atoms. The molecule has 6 nitrogen and oxygen atoms in total. The van der Waals surface area contributed by atoms with Crippen LogP contribution in [0.2, 0.25) is 5.02 Å². The molecule has 0 saturated carbocycles. The minimum Gasteiger partial charge on any atom is -0.382 e. The summed E-state index contributed by atoms with van der Waals surface area (Å²) in [6.07, 6.45) is 1.43. The van der Waals surface area contributed by atoms with Crippen molar-refractivity contribution in [2.75, 3.05) is 32.7 Å². The minimum absolute atomic E-state index is 0.0285. The lowest BCUT2D eigenvalue weighted by atomic mass is 10.3. The van der Waals surface area contributed by atoms with Crippen LogP contribution in [-0.2, 0) is 9.47 Å². The van der Waals surface area contributed by atoms with Crippen molar-refractivity contribution in [1.82, 2.24) is 9.78 Å². The Balaban J connectivity index is 2.80. The van der Waals surface area contributed by atoms with Crippen molar-refractivity contribution in [3.05, 3.63) is 21.6 Å². The number of rotatable bonds is 7. The van der Waals surface area contributed by atoms with Crippen molar-refractivity contribution in [2.45, 2.75) is 26.0 Å². The number of hydrogen-bond acceptors (Lipinski definition) is 5.